The van der Waals surface area contributed by atoms with E-state index in [2.05, 4.69) is 45.7 Å². The van der Waals surface area contributed by atoms with Gasteiger partial charge in [0.2, 0.25) is 10.0 Å². The van der Waals surface area contributed by atoms with Gasteiger partial charge in [0.1, 0.15) is 5.82 Å². The van der Waals surface area contributed by atoms with E-state index in [1.807, 2.05) is 12.1 Å². The molecular weight excluding hydrogens is 350 g/mol. The second-order valence-corrected chi connectivity index (χ2v) is 8.71. The fourth-order valence-corrected chi connectivity index (χ4v) is 3.37. The molecule has 3 aromatic rings. The summed E-state index contributed by atoms with van der Waals surface area (Å²) in [6, 6.07) is 10.5. The van der Waals surface area contributed by atoms with Gasteiger partial charge in [0, 0.05) is 18.0 Å². The average molecular weight is 371 g/mol. The molecule has 7 nitrogen and oxygen atoms in total. The van der Waals surface area contributed by atoms with Gasteiger partial charge in [-0.2, -0.15) is 5.10 Å². The standard InChI is InChI=1S/C18H21N5O2S/c1-18(2,3)14-4-6-15(7-5-14)26(24,25)20-12-16-21-17(23-22-16)13-8-10-19-11-9-13/h4-11,20H,12H2,1-3H3,(H,21,22,23). The summed E-state index contributed by atoms with van der Waals surface area (Å²) >= 11 is 0. The van der Waals surface area contributed by atoms with E-state index >= 15 is 0 Å². The Hall–Kier alpha value is -2.58. The van der Waals surface area contributed by atoms with Crippen LogP contribution in [0.4, 0.5) is 0 Å². The third-order valence-corrected chi connectivity index (χ3v) is 5.35. The van der Waals surface area contributed by atoms with Crippen LogP contribution in [0.5, 0.6) is 0 Å². The topological polar surface area (TPSA) is 101 Å². The van der Waals surface area contributed by atoms with E-state index in [0.717, 1.165) is 11.1 Å². The molecule has 3 rings (SSSR count). The molecule has 2 aromatic heterocycles. The normalized spacial score (nSPS) is 12.3. The van der Waals surface area contributed by atoms with Crippen LogP contribution in [0, 0.1) is 0 Å². The van der Waals surface area contributed by atoms with Crippen molar-refractivity contribution in [2.45, 2.75) is 37.6 Å². The lowest BCUT2D eigenvalue weighted by molar-refractivity contribution is 0.576. The summed E-state index contributed by atoms with van der Waals surface area (Å²) in [5, 5.41) is 6.85. The van der Waals surface area contributed by atoms with Crippen LogP contribution >= 0.6 is 0 Å². The van der Waals surface area contributed by atoms with E-state index < -0.39 is 10.0 Å². The monoisotopic (exact) mass is 371 g/mol. The number of rotatable bonds is 5. The van der Waals surface area contributed by atoms with Crippen molar-refractivity contribution in [3.8, 4) is 11.4 Å². The quantitative estimate of drug-likeness (QED) is 0.718. The molecule has 0 atom stereocenters. The van der Waals surface area contributed by atoms with Crippen LogP contribution in [0.2, 0.25) is 0 Å². The van der Waals surface area contributed by atoms with Gasteiger partial charge in [0.25, 0.3) is 0 Å². The average Bonchev–Trinajstić information content (AvgIpc) is 3.09. The van der Waals surface area contributed by atoms with Gasteiger partial charge in [0.05, 0.1) is 11.4 Å². The maximum Gasteiger partial charge on any atom is 0.240 e. The van der Waals surface area contributed by atoms with Crippen molar-refractivity contribution >= 4 is 10.0 Å². The van der Waals surface area contributed by atoms with Crippen LogP contribution in [0.3, 0.4) is 0 Å². The van der Waals surface area contributed by atoms with E-state index in [1.54, 1.807) is 36.7 Å². The molecule has 8 heteroatoms. The van der Waals surface area contributed by atoms with Gasteiger partial charge in [-0.1, -0.05) is 32.9 Å². The number of nitrogens with one attached hydrogen (secondary N) is 2. The number of sulfonamides is 1. The minimum absolute atomic E-state index is 0.0289. The lowest BCUT2D eigenvalue weighted by atomic mass is 9.87. The highest BCUT2D eigenvalue weighted by Crippen LogP contribution is 2.23. The van der Waals surface area contributed by atoms with E-state index in [0.29, 0.717) is 11.6 Å². The first-order valence-corrected chi connectivity index (χ1v) is 9.66. The molecule has 0 spiro atoms. The molecule has 0 radical (unpaired) electrons. The largest absolute Gasteiger partial charge is 0.265 e. The van der Waals surface area contributed by atoms with E-state index in [-0.39, 0.29) is 16.9 Å². The Morgan fingerprint density at radius 3 is 2.31 bits per heavy atom. The summed E-state index contributed by atoms with van der Waals surface area (Å²) < 4.78 is 27.5. The zero-order valence-corrected chi connectivity index (χ0v) is 15.7. The Labute approximate surface area is 153 Å². The summed E-state index contributed by atoms with van der Waals surface area (Å²) in [5.74, 6) is 0.933. The lowest BCUT2D eigenvalue weighted by Crippen LogP contribution is -2.24. The smallest absolute Gasteiger partial charge is 0.240 e. The molecule has 0 unspecified atom stereocenters. The first kappa shape index (κ1) is 18.2. The maximum atomic E-state index is 12.5. The van der Waals surface area contributed by atoms with Gasteiger partial charge in [-0.3, -0.25) is 10.1 Å². The molecule has 0 amide bonds. The fourth-order valence-electron chi connectivity index (χ4n) is 2.39. The lowest BCUT2D eigenvalue weighted by Gasteiger charge is -2.19. The highest BCUT2D eigenvalue weighted by Gasteiger charge is 2.18. The molecule has 2 heterocycles. The van der Waals surface area contributed by atoms with Crippen molar-refractivity contribution in [1.29, 1.82) is 0 Å². The molecule has 0 bridgehead atoms. The molecule has 0 aliphatic heterocycles. The minimum Gasteiger partial charge on any atom is -0.265 e. The summed E-state index contributed by atoms with van der Waals surface area (Å²) in [6.45, 7) is 6.28. The van der Waals surface area contributed by atoms with Crippen LogP contribution in [-0.4, -0.2) is 28.6 Å². The zero-order chi connectivity index (χ0) is 18.8. The molecule has 0 aliphatic rings. The van der Waals surface area contributed by atoms with Crippen molar-refractivity contribution in [1.82, 2.24) is 24.9 Å². The van der Waals surface area contributed by atoms with Crippen molar-refractivity contribution in [2.24, 2.45) is 0 Å². The third-order valence-electron chi connectivity index (χ3n) is 3.93. The number of H-pyrrole nitrogens is 1. The molecule has 0 aliphatic carbocycles. The Morgan fingerprint density at radius 1 is 1.04 bits per heavy atom. The number of aromatic amines is 1. The number of nitrogens with zero attached hydrogens (tertiary/aromatic N) is 3. The van der Waals surface area contributed by atoms with Crippen LogP contribution in [-0.2, 0) is 22.0 Å². The van der Waals surface area contributed by atoms with Gasteiger partial charge < -0.3 is 0 Å². The van der Waals surface area contributed by atoms with Gasteiger partial charge in [0.15, 0.2) is 5.82 Å². The number of aromatic nitrogens is 4. The van der Waals surface area contributed by atoms with Gasteiger partial charge in [-0.05, 0) is 35.2 Å². The predicted octanol–water partition coefficient (Wildman–Crippen LogP) is 2.64. The number of benzene rings is 1. The van der Waals surface area contributed by atoms with E-state index in [4.69, 9.17) is 0 Å². The zero-order valence-electron chi connectivity index (χ0n) is 14.9. The van der Waals surface area contributed by atoms with Crippen LogP contribution in [0.15, 0.2) is 53.7 Å². The molecular formula is C18H21N5O2S. The van der Waals surface area contributed by atoms with Gasteiger partial charge >= 0.3 is 0 Å². The highest BCUT2D eigenvalue weighted by atomic mass is 32.2. The summed E-state index contributed by atoms with van der Waals surface area (Å²) in [5.41, 5.74) is 1.86. The summed E-state index contributed by atoms with van der Waals surface area (Å²) in [4.78, 5) is 8.47. The van der Waals surface area contributed by atoms with E-state index in [9.17, 15) is 8.42 Å². The Bertz CT molecular complexity index is 974. The SMILES string of the molecule is CC(C)(C)c1ccc(S(=O)(=O)NCc2nc(-c3ccncc3)n[nH]2)cc1. The number of hydrogen-bond donors (Lipinski definition) is 2. The third kappa shape index (κ3) is 4.14. The minimum atomic E-state index is -3.62. The van der Waals surface area contributed by atoms with Crippen molar-refractivity contribution in [3.05, 3.63) is 60.2 Å². The van der Waals surface area contributed by atoms with E-state index in [1.165, 1.54) is 0 Å². The molecule has 0 saturated heterocycles. The van der Waals surface area contributed by atoms with Crippen molar-refractivity contribution < 1.29 is 8.42 Å². The molecule has 1 aromatic carbocycles. The second-order valence-electron chi connectivity index (χ2n) is 6.94. The first-order chi connectivity index (χ1) is 12.3. The number of pyridine rings is 1. The molecule has 26 heavy (non-hydrogen) atoms. The number of hydrogen-bond acceptors (Lipinski definition) is 5. The molecule has 2 N–H and O–H groups in total. The highest BCUT2D eigenvalue weighted by molar-refractivity contribution is 7.89. The van der Waals surface area contributed by atoms with Crippen LogP contribution < -0.4 is 4.72 Å². The Balaban J connectivity index is 1.70. The molecule has 0 saturated carbocycles. The van der Waals surface area contributed by atoms with Crippen LogP contribution in [0.1, 0.15) is 32.2 Å². The van der Waals surface area contributed by atoms with Crippen molar-refractivity contribution in [2.75, 3.05) is 0 Å². The maximum absolute atomic E-state index is 12.5. The predicted molar refractivity (Wildman–Crippen MR) is 98.8 cm³/mol. The molecule has 0 fully saturated rings. The summed E-state index contributed by atoms with van der Waals surface area (Å²) in [6.07, 6.45) is 3.30. The Kier molecular flexibility index (Phi) is 4.88. The fraction of sp³-hybridized carbons (Fsp3) is 0.278. The van der Waals surface area contributed by atoms with Gasteiger partial charge in [-0.15, -0.1) is 0 Å². The molecule has 136 valence electrons. The van der Waals surface area contributed by atoms with Crippen LogP contribution in [0.25, 0.3) is 11.4 Å². The second kappa shape index (κ2) is 6.97. The van der Waals surface area contributed by atoms with Gasteiger partial charge in [-0.25, -0.2) is 18.1 Å². The van der Waals surface area contributed by atoms with Crippen molar-refractivity contribution in [3.63, 3.8) is 0 Å². The first-order valence-electron chi connectivity index (χ1n) is 8.17. The summed E-state index contributed by atoms with van der Waals surface area (Å²) in [7, 11) is -3.62. The Morgan fingerprint density at radius 2 is 1.69 bits per heavy atom.